The molecule has 102 valence electrons. The number of nitrogens with zero attached hydrogens (tertiary/aromatic N) is 2. The summed E-state index contributed by atoms with van der Waals surface area (Å²) in [6.45, 7) is 2.14. The largest absolute Gasteiger partial charge is 0.334 e. The number of benzene rings is 1. The van der Waals surface area contributed by atoms with Gasteiger partial charge in [0.2, 0.25) is 0 Å². The summed E-state index contributed by atoms with van der Waals surface area (Å²) < 4.78 is 0. The number of hydrogen-bond donors (Lipinski definition) is 0. The van der Waals surface area contributed by atoms with E-state index >= 15 is 0 Å². The summed E-state index contributed by atoms with van der Waals surface area (Å²) in [7, 11) is 0. The van der Waals surface area contributed by atoms with E-state index in [1.54, 1.807) is 24.0 Å². The Morgan fingerprint density at radius 1 is 1.53 bits per heavy atom. The van der Waals surface area contributed by atoms with Crippen molar-refractivity contribution in [1.29, 1.82) is 0 Å². The highest BCUT2D eigenvalue weighted by atomic mass is 35.5. The lowest BCUT2D eigenvalue weighted by molar-refractivity contribution is -0.385. The Labute approximate surface area is 116 Å². The lowest BCUT2D eigenvalue weighted by Gasteiger charge is -2.21. The van der Waals surface area contributed by atoms with Crippen LogP contribution < -0.4 is 0 Å². The Bertz CT molecular complexity index is 515. The number of halogens is 1. The Hall–Kier alpha value is -1.62. The minimum absolute atomic E-state index is 0.0209. The minimum Gasteiger partial charge on any atom is -0.334 e. The number of amides is 1. The first-order valence-electron chi connectivity index (χ1n) is 6.16. The fourth-order valence-electron chi connectivity index (χ4n) is 2.03. The third kappa shape index (κ3) is 3.04. The highest BCUT2D eigenvalue weighted by Gasteiger charge is 2.33. The third-order valence-electron chi connectivity index (χ3n) is 3.23. The van der Waals surface area contributed by atoms with Crippen molar-refractivity contribution in [1.82, 2.24) is 4.90 Å². The van der Waals surface area contributed by atoms with Crippen LogP contribution in [0.15, 0.2) is 18.2 Å². The van der Waals surface area contributed by atoms with Crippen LogP contribution in [0.2, 0.25) is 0 Å². The molecule has 0 N–H and O–H groups in total. The summed E-state index contributed by atoms with van der Waals surface area (Å²) in [6, 6.07) is 4.83. The van der Waals surface area contributed by atoms with Crippen LogP contribution in [0, 0.1) is 17.0 Å². The van der Waals surface area contributed by atoms with E-state index in [1.807, 2.05) is 0 Å². The number of carbonyl (C=O) groups is 1. The predicted molar refractivity (Wildman–Crippen MR) is 72.6 cm³/mol. The molecule has 0 heterocycles. The first-order chi connectivity index (χ1) is 9.04. The Balaban J connectivity index is 2.27. The second-order valence-electron chi connectivity index (χ2n) is 4.68. The molecule has 0 aliphatic heterocycles. The van der Waals surface area contributed by atoms with Crippen molar-refractivity contribution in [2.75, 3.05) is 12.4 Å². The zero-order valence-electron chi connectivity index (χ0n) is 10.6. The van der Waals surface area contributed by atoms with Crippen LogP contribution in [-0.2, 0) is 0 Å². The fourth-order valence-corrected chi connectivity index (χ4v) is 2.21. The quantitative estimate of drug-likeness (QED) is 0.474. The van der Waals surface area contributed by atoms with Crippen LogP contribution in [0.5, 0.6) is 0 Å². The van der Waals surface area contributed by atoms with Crippen LogP contribution >= 0.6 is 11.6 Å². The molecule has 1 fully saturated rings. The average Bonchev–Trinajstić information content (AvgIpc) is 3.19. The maximum Gasteiger partial charge on any atom is 0.273 e. The molecule has 1 amide bonds. The molecule has 0 radical (unpaired) electrons. The van der Waals surface area contributed by atoms with Crippen molar-refractivity contribution in [2.24, 2.45) is 0 Å². The molecule has 0 unspecified atom stereocenters. The highest BCUT2D eigenvalue weighted by Crippen LogP contribution is 2.29. The van der Waals surface area contributed by atoms with Crippen molar-refractivity contribution >= 4 is 23.2 Å². The Morgan fingerprint density at radius 3 is 2.74 bits per heavy atom. The molecule has 1 aromatic rings. The first-order valence-corrected chi connectivity index (χ1v) is 6.70. The van der Waals surface area contributed by atoms with Crippen LogP contribution in [0.1, 0.15) is 28.8 Å². The van der Waals surface area contributed by atoms with Gasteiger partial charge in [-0.15, -0.1) is 11.6 Å². The van der Waals surface area contributed by atoms with Gasteiger partial charge in [-0.3, -0.25) is 14.9 Å². The van der Waals surface area contributed by atoms with E-state index in [0.29, 0.717) is 23.6 Å². The molecular formula is C13H15ClN2O3. The molecule has 5 nitrogen and oxygen atoms in total. The summed E-state index contributed by atoms with van der Waals surface area (Å²) >= 11 is 5.70. The monoisotopic (exact) mass is 282 g/mol. The van der Waals surface area contributed by atoms with Gasteiger partial charge in [0.05, 0.1) is 4.92 Å². The van der Waals surface area contributed by atoms with E-state index in [9.17, 15) is 14.9 Å². The summed E-state index contributed by atoms with van der Waals surface area (Å²) in [4.78, 5) is 24.5. The molecule has 0 atom stereocenters. The number of nitro groups is 1. The molecule has 1 aliphatic carbocycles. The molecule has 2 rings (SSSR count). The van der Waals surface area contributed by atoms with Crippen LogP contribution in [0.4, 0.5) is 5.69 Å². The standard InChI is InChI=1S/C13H15ClN2O3/c1-9-2-3-10(8-12(9)16(18)19)13(17)15(7-6-14)11-4-5-11/h2-3,8,11H,4-7H2,1H3. The van der Waals surface area contributed by atoms with Gasteiger partial charge in [0.15, 0.2) is 0 Å². The van der Waals surface area contributed by atoms with Gasteiger partial charge in [-0.25, -0.2) is 0 Å². The third-order valence-corrected chi connectivity index (χ3v) is 3.40. The number of aryl methyl sites for hydroxylation is 1. The Morgan fingerprint density at radius 2 is 2.21 bits per heavy atom. The van der Waals surface area contributed by atoms with E-state index in [2.05, 4.69) is 0 Å². The number of hydrogen-bond acceptors (Lipinski definition) is 3. The van der Waals surface area contributed by atoms with Crippen LogP contribution in [0.3, 0.4) is 0 Å². The van der Waals surface area contributed by atoms with Gasteiger partial charge < -0.3 is 4.90 Å². The second kappa shape index (κ2) is 5.57. The Kier molecular flexibility index (Phi) is 4.04. The zero-order valence-corrected chi connectivity index (χ0v) is 11.4. The van der Waals surface area contributed by atoms with Crippen molar-refractivity contribution in [3.63, 3.8) is 0 Å². The first kappa shape index (κ1) is 13.8. The van der Waals surface area contributed by atoms with Crippen LogP contribution in [-0.4, -0.2) is 34.2 Å². The zero-order chi connectivity index (χ0) is 14.0. The summed E-state index contributed by atoms with van der Waals surface area (Å²) in [5.41, 5.74) is 0.888. The normalized spacial score (nSPS) is 14.2. The van der Waals surface area contributed by atoms with Gasteiger partial charge in [-0.1, -0.05) is 6.07 Å². The number of nitro benzene ring substituents is 1. The van der Waals surface area contributed by atoms with Gasteiger partial charge in [0.1, 0.15) is 0 Å². The SMILES string of the molecule is Cc1ccc(C(=O)N(CCCl)C2CC2)cc1[N+](=O)[O-]. The summed E-state index contributed by atoms with van der Waals surface area (Å²) in [6.07, 6.45) is 1.97. The molecule has 1 saturated carbocycles. The smallest absolute Gasteiger partial charge is 0.273 e. The molecule has 1 aromatic carbocycles. The van der Waals surface area contributed by atoms with E-state index in [4.69, 9.17) is 11.6 Å². The molecule has 0 bridgehead atoms. The van der Waals surface area contributed by atoms with Crippen LogP contribution in [0.25, 0.3) is 0 Å². The van der Waals surface area contributed by atoms with Gasteiger partial charge >= 0.3 is 0 Å². The number of rotatable bonds is 5. The molecule has 6 heteroatoms. The van der Waals surface area contributed by atoms with Crippen molar-refractivity contribution < 1.29 is 9.72 Å². The van der Waals surface area contributed by atoms with Crippen molar-refractivity contribution in [3.8, 4) is 0 Å². The molecule has 0 aromatic heterocycles. The van der Waals surface area contributed by atoms with E-state index in [-0.39, 0.29) is 17.6 Å². The second-order valence-corrected chi connectivity index (χ2v) is 5.06. The van der Waals surface area contributed by atoms with Gasteiger partial charge in [-0.2, -0.15) is 0 Å². The lowest BCUT2D eigenvalue weighted by Crippen LogP contribution is -2.34. The predicted octanol–water partition coefficient (Wildman–Crippen LogP) is 2.75. The van der Waals surface area contributed by atoms with Gasteiger partial charge in [-0.05, 0) is 25.8 Å². The molecular weight excluding hydrogens is 268 g/mol. The van der Waals surface area contributed by atoms with Gasteiger partial charge in [0.25, 0.3) is 11.6 Å². The minimum atomic E-state index is -0.463. The molecule has 1 aliphatic rings. The lowest BCUT2D eigenvalue weighted by atomic mass is 10.1. The fraction of sp³-hybridized carbons (Fsp3) is 0.462. The van der Waals surface area contributed by atoms with E-state index < -0.39 is 4.92 Å². The molecule has 0 spiro atoms. The van der Waals surface area contributed by atoms with E-state index in [1.165, 1.54) is 6.07 Å². The molecule has 19 heavy (non-hydrogen) atoms. The number of carbonyl (C=O) groups excluding carboxylic acids is 1. The number of alkyl halides is 1. The van der Waals surface area contributed by atoms with Gasteiger partial charge in [0, 0.05) is 35.7 Å². The maximum atomic E-state index is 12.3. The summed E-state index contributed by atoms with van der Waals surface area (Å²) in [5, 5.41) is 10.9. The molecule has 0 saturated heterocycles. The topological polar surface area (TPSA) is 63.5 Å². The average molecular weight is 283 g/mol. The highest BCUT2D eigenvalue weighted by molar-refractivity contribution is 6.18. The van der Waals surface area contributed by atoms with Crippen molar-refractivity contribution in [2.45, 2.75) is 25.8 Å². The maximum absolute atomic E-state index is 12.3. The van der Waals surface area contributed by atoms with Crippen molar-refractivity contribution in [3.05, 3.63) is 39.4 Å². The summed E-state index contributed by atoms with van der Waals surface area (Å²) in [5.74, 6) is 0.196. The van der Waals surface area contributed by atoms with E-state index in [0.717, 1.165) is 12.8 Å².